The topological polar surface area (TPSA) is 66.6 Å². The summed E-state index contributed by atoms with van der Waals surface area (Å²) < 4.78 is 0. The summed E-state index contributed by atoms with van der Waals surface area (Å²) in [6, 6.07) is -0.245. The number of nitrogens with zero attached hydrogens (tertiary/aromatic N) is 2. The Bertz CT molecular complexity index is 402. The van der Waals surface area contributed by atoms with E-state index in [4.69, 9.17) is 5.73 Å². The van der Waals surface area contributed by atoms with Crippen LogP contribution in [0, 0.1) is 11.3 Å². The van der Waals surface area contributed by atoms with E-state index in [1.165, 1.54) is 0 Å². The third-order valence-electron chi connectivity index (χ3n) is 4.68. The molecule has 6 heteroatoms. The number of rotatable bonds is 3. The summed E-state index contributed by atoms with van der Waals surface area (Å²) in [6.07, 6.45) is 2.68. The van der Waals surface area contributed by atoms with Crippen molar-refractivity contribution in [3.05, 3.63) is 0 Å². The molecule has 2 saturated heterocycles. The van der Waals surface area contributed by atoms with Crippen LogP contribution < -0.4 is 5.73 Å². The highest BCUT2D eigenvalue weighted by Gasteiger charge is 2.41. The van der Waals surface area contributed by atoms with Crippen LogP contribution in [0.15, 0.2) is 0 Å². The first-order valence-corrected chi connectivity index (χ1v) is 7.67. The van der Waals surface area contributed by atoms with E-state index in [1.807, 2.05) is 18.7 Å². The summed E-state index contributed by atoms with van der Waals surface area (Å²) in [7, 11) is 0. The summed E-state index contributed by atoms with van der Waals surface area (Å²) in [5.41, 5.74) is 5.84. The molecule has 0 bridgehead atoms. The van der Waals surface area contributed by atoms with Gasteiger partial charge in [-0.05, 0) is 31.2 Å². The lowest BCUT2D eigenvalue weighted by Crippen LogP contribution is -2.48. The van der Waals surface area contributed by atoms with Crippen LogP contribution in [-0.4, -0.2) is 53.8 Å². The van der Waals surface area contributed by atoms with E-state index in [1.54, 1.807) is 4.90 Å². The van der Waals surface area contributed by atoms with Gasteiger partial charge in [-0.1, -0.05) is 20.8 Å². The number of amides is 2. The van der Waals surface area contributed by atoms with Crippen LogP contribution in [0.3, 0.4) is 0 Å². The number of nitrogens with two attached hydrogens (primary N) is 1. The summed E-state index contributed by atoms with van der Waals surface area (Å²) >= 11 is 0. The Morgan fingerprint density at radius 3 is 2.52 bits per heavy atom. The first-order chi connectivity index (χ1) is 9.38. The van der Waals surface area contributed by atoms with Crippen LogP contribution in [0.4, 0.5) is 0 Å². The highest BCUT2D eigenvalue weighted by Crippen LogP contribution is 2.31. The van der Waals surface area contributed by atoms with Crippen LogP contribution in [0.5, 0.6) is 0 Å². The average Bonchev–Trinajstić information content (AvgIpc) is 3.04. The van der Waals surface area contributed by atoms with Crippen molar-refractivity contribution in [2.75, 3.05) is 26.2 Å². The molecule has 0 saturated carbocycles. The summed E-state index contributed by atoms with van der Waals surface area (Å²) in [6.45, 7) is 8.74. The fourth-order valence-corrected chi connectivity index (χ4v) is 3.21. The van der Waals surface area contributed by atoms with Crippen molar-refractivity contribution in [2.45, 2.75) is 46.1 Å². The van der Waals surface area contributed by atoms with E-state index in [9.17, 15) is 9.59 Å². The van der Waals surface area contributed by atoms with E-state index in [0.717, 1.165) is 38.9 Å². The van der Waals surface area contributed by atoms with Crippen LogP contribution in [0.1, 0.15) is 40.0 Å². The summed E-state index contributed by atoms with van der Waals surface area (Å²) in [5, 5.41) is 0. The van der Waals surface area contributed by atoms with E-state index in [2.05, 4.69) is 6.92 Å². The lowest BCUT2D eigenvalue weighted by molar-refractivity contribution is -0.145. The van der Waals surface area contributed by atoms with Crippen LogP contribution >= 0.6 is 12.4 Å². The van der Waals surface area contributed by atoms with Crippen LogP contribution in [0.2, 0.25) is 0 Å². The molecule has 2 fully saturated rings. The second kappa shape index (κ2) is 6.97. The summed E-state index contributed by atoms with van der Waals surface area (Å²) in [5.74, 6) is 0.173. The lowest BCUT2D eigenvalue weighted by atomic mass is 9.90. The second-order valence-corrected chi connectivity index (χ2v) is 6.87. The predicted molar refractivity (Wildman–Crippen MR) is 85.2 cm³/mol. The molecule has 0 aliphatic carbocycles. The van der Waals surface area contributed by atoms with E-state index < -0.39 is 0 Å². The Morgan fingerprint density at radius 2 is 2.00 bits per heavy atom. The Kier molecular flexibility index (Phi) is 6.05. The number of hydrogen-bond acceptors (Lipinski definition) is 3. The highest BCUT2D eigenvalue weighted by molar-refractivity contribution is 5.89. The smallest absolute Gasteiger partial charge is 0.245 e. The van der Waals surface area contributed by atoms with Crippen LogP contribution in [0.25, 0.3) is 0 Å². The highest BCUT2D eigenvalue weighted by atomic mass is 35.5. The fourth-order valence-electron chi connectivity index (χ4n) is 3.21. The van der Waals surface area contributed by atoms with Crippen molar-refractivity contribution >= 4 is 24.2 Å². The SMILES string of the molecule is CC(C)C(=O)N1CCCC1C(=O)N1CCC(C)(CN)C1.Cl. The molecule has 5 nitrogen and oxygen atoms in total. The molecule has 2 heterocycles. The molecular formula is C15H28ClN3O2. The number of hydrogen-bond donors (Lipinski definition) is 1. The van der Waals surface area contributed by atoms with Gasteiger partial charge in [0.2, 0.25) is 11.8 Å². The molecule has 0 aromatic heterocycles. The van der Waals surface area contributed by atoms with Gasteiger partial charge in [0.05, 0.1) is 0 Å². The molecule has 2 unspecified atom stereocenters. The quantitative estimate of drug-likeness (QED) is 0.852. The molecule has 21 heavy (non-hydrogen) atoms. The minimum absolute atomic E-state index is 0. The van der Waals surface area contributed by atoms with Gasteiger partial charge in [-0.2, -0.15) is 0 Å². The maximum absolute atomic E-state index is 12.7. The molecule has 2 amide bonds. The van der Waals surface area contributed by atoms with Crippen LogP contribution in [-0.2, 0) is 9.59 Å². The predicted octanol–water partition coefficient (Wildman–Crippen LogP) is 1.25. The van der Waals surface area contributed by atoms with E-state index in [0.29, 0.717) is 6.54 Å². The minimum Gasteiger partial charge on any atom is -0.340 e. The van der Waals surface area contributed by atoms with Crippen molar-refractivity contribution in [3.63, 3.8) is 0 Å². The normalized spacial score (nSPS) is 28.9. The van der Waals surface area contributed by atoms with Gasteiger partial charge in [0.1, 0.15) is 6.04 Å². The minimum atomic E-state index is -0.245. The van der Waals surface area contributed by atoms with Gasteiger partial charge < -0.3 is 15.5 Å². The zero-order chi connectivity index (χ0) is 14.9. The molecule has 2 aliphatic heterocycles. The molecule has 0 aromatic rings. The van der Waals surface area contributed by atoms with Gasteiger partial charge in [0.25, 0.3) is 0 Å². The standard InChI is InChI=1S/C15H27N3O2.ClH/c1-11(2)13(19)18-7-4-5-12(18)14(20)17-8-6-15(3,9-16)10-17;/h11-12H,4-10,16H2,1-3H3;1H. The molecule has 122 valence electrons. The maximum atomic E-state index is 12.7. The average molecular weight is 318 g/mol. The molecular weight excluding hydrogens is 290 g/mol. The van der Waals surface area contributed by atoms with Gasteiger partial charge in [-0.25, -0.2) is 0 Å². The Labute approximate surface area is 133 Å². The Balaban J connectivity index is 0.00000220. The lowest BCUT2D eigenvalue weighted by Gasteiger charge is -2.30. The second-order valence-electron chi connectivity index (χ2n) is 6.87. The van der Waals surface area contributed by atoms with Crippen molar-refractivity contribution in [1.29, 1.82) is 0 Å². The van der Waals surface area contributed by atoms with Gasteiger partial charge in [-0.3, -0.25) is 9.59 Å². The molecule has 2 atom stereocenters. The third-order valence-corrected chi connectivity index (χ3v) is 4.68. The molecule has 0 radical (unpaired) electrons. The van der Waals surface area contributed by atoms with Gasteiger partial charge in [0.15, 0.2) is 0 Å². The number of likely N-dealkylation sites (tertiary alicyclic amines) is 2. The molecule has 0 spiro atoms. The Hall–Kier alpha value is -0.810. The number of carbonyl (C=O) groups is 2. The summed E-state index contributed by atoms with van der Waals surface area (Å²) in [4.78, 5) is 28.6. The van der Waals surface area contributed by atoms with Crippen molar-refractivity contribution in [3.8, 4) is 0 Å². The van der Waals surface area contributed by atoms with Crippen molar-refractivity contribution < 1.29 is 9.59 Å². The van der Waals surface area contributed by atoms with Gasteiger partial charge in [0, 0.05) is 25.6 Å². The number of halogens is 1. The Morgan fingerprint density at radius 1 is 1.33 bits per heavy atom. The third kappa shape index (κ3) is 3.69. The van der Waals surface area contributed by atoms with E-state index >= 15 is 0 Å². The largest absolute Gasteiger partial charge is 0.340 e. The fraction of sp³-hybridized carbons (Fsp3) is 0.867. The maximum Gasteiger partial charge on any atom is 0.245 e. The zero-order valence-electron chi connectivity index (χ0n) is 13.3. The van der Waals surface area contributed by atoms with E-state index in [-0.39, 0.29) is 41.6 Å². The van der Waals surface area contributed by atoms with Crippen molar-refractivity contribution in [1.82, 2.24) is 9.80 Å². The zero-order valence-corrected chi connectivity index (χ0v) is 14.1. The first-order valence-electron chi connectivity index (χ1n) is 7.67. The molecule has 2 N–H and O–H groups in total. The molecule has 0 aromatic carbocycles. The number of carbonyl (C=O) groups excluding carboxylic acids is 2. The molecule has 2 rings (SSSR count). The monoisotopic (exact) mass is 317 g/mol. The van der Waals surface area contributed by atoms with Crippen molar-refractivity contribution in [2.24, 2.45) is 17.1 Å². The van der Waals surface area contributed by atoms with Gasteiger partial charge >= 0.3 is 0 Å². The van der Waals surface area contributed by atoms with Gasteiger partial charge in [-0.15, -0.1) is 12.4 Å². The molecule has 2 aliphatic rings. The first kappa shape index (κ1) is 18.2.